The molecule has 0 saturated carbocycles. The van der Waals surface area contributed by atoms with E-state index >= 15 is 0 Å². The van der Waals surface area contributed by atoms with Crippen molar-refractivity contribution in [1.29, 1.82) is 0 Å². The number of morpholine rings is 1. The van der Waals surface area contributed by atoms with Gasteiger partial charge in [0, 0.05) is 31.8 Å². The largest absolute Gasteiger partial charge is 0.435 e. The van der Waals surface area contributed by atoms with Crippen LogP contribution < -0.4 is 0 Å². The van der Waals surface area contributed by atoms with Crippen molar-refractivity contribution in [2.45, 2.75) is 6.54 Å². The van der Waals surface area contributed by atoms with Crippen molar-refractivity contribution in [3.8, 4) is 10.8 Å². The molecule has 7 nitrogen and oxygen atoms in total. The minimum atomic E-state index is -0.428. The van der Waals surface area contributed by atoms with Gasteiger partial charge in [-0.1, -0.05) is 0 Å². The van der Waals surface area contributed by atoms with E-state index in [9.17, 15) is 10.1 Å². The zero-order valence-corrected chi connectivity index (χ0v) is 13.6. The van der Waals surface area contributed by atoms with E-state index in [1.165, 1.54) is 12.1 Å². The molecule has 0 radical (unpaired) electrons. The van der Waals surface area contributed by atoms with Crippen LogP contribution in [0, 0.1) is 10.1 Å². The summed E-state index contributed by atoms with van der Waals surface area (Å²) in [5.74, 6) is 0.517. The maximum absolute atomic E-state index is 10.9. The molecule has 0 bridgehead atoms. The Labute approximate surface area is 141 Å². The highest BCUT2D eigenvalue weighted by molar-refractivity contribution is 7.13. The number of hydrogen-bond donors (Lipinski definition) is 0. The SMILES string of the molecule is O=[N+]([O-])c1ccc2oc(-c3sccc3CN3CCOCC3)nc2c1. The minimum Gasteiger partial charge on any atom is -0.435 e. The van der Waals surface area contributed by atoms with Crippen molar-refractivity contribution >= 4 is 28.1 Å². The molecular weight excluding hydrogens is 330 g/mol. The molecule has 8 heteroatoms. The number of non-ortho nitro benzene ring substituents is 1. The normalized spacial score (nSPS) is 15.8. The quantitative estimate of drug-likeness (QED) is 0.533. The zero-order valence-electron chi connectivity index (χ0n) is 12.8. The molecular formula is C16H15N3O4S. The molecule has 0 unspecified atom stereocenters. The molecule has 0 aliphatic carbocycles. The van der Waals surface area contributed by atoms with Crippen LogP contribution in [0.15, 0.2) is 34.1 Å². The lowest BCUT2D eigenvalue weighted by molar-refractivity contribution is -0.384. The number of thiophene rings is 1. The fourth-order valence-corrected chi connectivity index (χ4v) is 3.62. The molecule has 1 aromatic carbocycles. The molecule has 124 valence electrons. The van der Waals surface area contributed by atoms with Gasteiger partial charge in [0.1, 0.15) is 5.52 Å². The summed E-state index contributed by atoms with van der Waals surface area (Å²) in [6.07, 6.45) is 0. The lowest BCUT2D eigenvalue weighted by atomic mass is 10.2. The molecule has 4 rings (SSSR count). The van der Waals surface area contributed by atoms with Gasteiger partial charge in [0.15, 0.2) is 5.58 Å². The highest BCUT2D eigenvalue weighted by atomic mass is 32.1. The van der Waals surface area contributed by atoms with Crippen LogP contribution in [0.5, 0.6) is 0 Å². The monoisotopic (exact) mass is 345 g/mol. The first-order chi connectivity index (χ1) is 11.7. The fraction of sp³-hybridized carbons (Fsp3) is 0.312. The van der Waals surface area contributed by atoms with Crippen molar-refractivity contribution in [2.24, 2.45) is 0 Å². The third kappa shape index (κ3) is 2.91. The first kappa shape index (κ1) is 15.3. The standard InChI is InChI=1S/C16H15N3O4S/c20-19(21)12-1-2-14-13(9-12)17-16(23-14)15-11(3-8-24-15)10-18-4-6-22-7-5-18/h1-3,8-9H,4-7,10H2. The second kappa shape index (κ2) is 6.31. The summed E-state index contributed by atoms with van der Waals surface area (Å²) >= 11 is 1.57. The average Bonchev–Trinajstić information content (AvgIpc) is 3.21. The summed E-state index contributed by atoms with van der Waals surface area (Å²) in [6, 6.07) is 6.55. The summed E-state index contributed by atoms with van der Waals surface area (Å²) in [5, 5.41) is 12.9. The lowest BCUT2D eigenvalue weighted by Crippen LogP contribution is -2.35. The maximum Gasteiger partial charge on any atom is 0.271 e. The molecule has 3 heterocycles. The van der Waals surface area contributed by atoms with E-state index in [1.807, 2.05) is 5.38 Å². The Hall–Kier alpha value is -2.29. The molecule has 2 aromatic heterocycles. The number of oxazole rings is 1. The van der Waals surface area contributed by atoms with Gasteiger partial charge in [-0.05, 0) is 23.1 Å². The van der Waals surface area contributed by atoms with E-state index in [0.29, 0.717) is 17.0 Å². The predicted molar refractivity (Wildman–Crippen MR) is 90.1 cm³/mol. The van der Waals surface area contributed by atoms with E-state index in [2.05, 4.69) is 16.0 Å². The number of fused-ring (bicyclic) bond motifs is 1. The molecule has 0 atom stereocenters. The molecule has 0 N–H and O–H groups in total. The Kier molecular flexibility index (Phi) is 4.01. The van der Waals surface area contributed by atoms with Crippen molar-refractivity contribution in [1.82, 2.24) is 9.88 Å². The van der Waals surface area contributed by atoms with Crippen molar-refractivity contribution in [3.05, 3.63) is 45.3 Å². The number of nitrogens with zero attached hydrogens (tertiary/aromatic N) is 3. The Morgan fingerprint density at radius 3 is 2.92 bits per heavy atom. The van der Waals surface area contributed by atoms with Gasteiger partial charge in [0.05, 0.1) is 23.0 Å². The van der Waals surface area contributed by atoms with Crippen LogP contribution >= 0.6 is 11.3 Å². The molecule has 1 aliphatic heterocycles. The summed E-state index contributed by atoms with van der Waals surface area (Å²) < 4.78 is 11.2. The number of nitro benzene ring substituents is 1. The van der Waals surface area contributed by atoms with E-state index in [-0.39, 0.29) is 5.69 Å². The first-order valence-electron chi connectivity index (χ1n) is 7.62. The Balaban J connectivity index is 1.65. The molecule has 1 aliphatic rings. The van der Waals surface area contributed by atoms with Crippen LogP contribution in [0.2, 0.25) is 0 Å². The van der Waals surface area contributed by atoms with Crippen LogP contribution in [0.1, 0.15) is 5.56 Å². The average molecular weight is 345 g/mol. The number of benzene rings is 1. The molecule has 3 aromatic rings. The van der Waals surface area contributed by atoms with Crippen LogP contribution in [0.3, 0.4) is 0 Å². The van der Waals surface area contributed by atoms with Crippen molar-refractivity contribution in [3.63, 3.8) is 0 Å². The number of ether oxygens (including phenoxy) is 1. The summed E-state index contributed by atoms with van der Waals surface area (Å²) in [5.41, 5.74) is 2.23. The number of aromatic nitrogens is 1. The van der Waals surface area contributed by atoms with Gasteiger partial charge in [-0.15, -0.1) is 11.3 Å². The fourth-order valence-electron chi connectivity index (χ4n) is 2.77. The van der Waals surface area contributed by atoms with Gasteiger partial charge >= 0.3 is 0 Å². The van der Waals surface area contributed by atoms with Gasteiger partial charge in [0.2, 0.25) is 5.89 Å². The second-order valence-electron chi connectivity index (χ2n) is 5.59. The van der Waals surface area contributed by atoms with Gasteiger partial charge < -0.3 is 9.15 Å². The van der Waals surface area contributed by atoms with E-state index in [4.69, 9.17) is 9.15 Å². The second-order valence-corrected chi connectivity index (χ2v) is 6.51. The first-order valence-corrected chi connectivity index (χ1v) is 8.50. The van der Waals surface area contributed by atoms with Gasteiger partial charge in [-0.3, -0.25) is 15.0 Å². The molecule has 1 saturated heterocycles. The number of hydrogen-bond acceptors (Lipinski definition) is 7. The Bertz CT molecular complexity index is 882. The van der Waals surface area contributed by atoms with Gasteiger partial charge in [0.25, 0.3) is 5.69 Å². The molecule has 1 fully saturated rings. The van der Waals surface area contributed by atoms with Crippen LogP contribution in [0.25, 0.3) is 21.9 Å². The molecule has 24 heavy (non-hydrogen) atoms. The zero-order chi connectivity index (χ0) is 16.5. The summed E-state index contributed by atoms with van der Waals surface area (Å²) in [4.78, 5) is 18.2. The summed E-state index contributed by atoms with van der Waals surface area (Å²) in [7, 11) is 0. The third-order valence-electron chi connectivity index (χ3n) is 4.02. The van der Waals surface area contributed by atoms with E-state index in [1.54, 1.807) is 17.4 Å². The summed E-state index contributed by atoms with van der Waals surface area (Å²) in [6.45, 7) is 4.16. The van der Waals surface area contributed by atoms with Crippen molar-refractivity contribution < 1.29 is 14.1 Å². The third-order valence-corrected chi connectivity index (χ3v) is 4.97. The van der Waals surface area contributed by atoms with Gasteiger partial charge in [-0.25, -0.2) is 4.98 Å². The van der Waals surface area contributed by atoms with Crippen LogP contribution in [0.4, 0.5) is 5.69 Å². The lowest BCUT2D eigenvalue weighted by Gasteiger charge is -2.26. The highest BCUT2D eigenvalue weighted by Crippen LogP contribution is 2.33. The smallest absolute Gasteiger partial charge is 0.271 e. The van der Waals surface area contributed by atoms with Crippen LogP contribution in [-0.2, 0) is 11.3 Å². The molecule has 0 spiro atoms. The Morgan fingerprint density at radius 1 is 1.29 bits per heavy atom. The maximum atomic E-state index is 10.9. The van der Waals surface area contributed by atoms with Crippen molar-refractivity contribution in [2.75, 3.05) is 26.3 Å². The topological polar surface area (TPSA) is 81.6 Å². The Morgan fingerprint density at radius 2 is 2.12 bits per heavy atom. The van der Waals surface area contributed by atoms with Gasteiger partial charge in [-0.2, -0.15) is 0 Å². The van der Waals surface area contributed by atoms with E-state index in [0.717, 1.165) is 43.3 Å². The molecule has 0 amide bonds. The minimum absolute atomic E-state index is 0.0158. The van der Waals surface area contributed by atoms with Crippen LogP contribution in [-0.4, -0.2) is 41.1 Å². The predicted octanol–water partition coefficient (Wildman–Crippen LogP) is 3.30. The number of nitro groups is 1. The highest BCUT2D eigenvalue weighted by Gasteiger charge is 2.19. The number of rotatable bonds is 4. The van der Waals surface area contributed by atoms with E-state index < -0.39 is 4.92 Å².